The molecular weight excluding hydrogens is 402 g/mol. The van der Waals surface area contributed by atoms with Gasteiger partial charge in [0.2, 0.25) is 0 Å². The van der Waals surface area contributed by atoms with Crippen LogP contribution in [0.15, 0.2) is 60.7 Å². The van der Waals surface area contributed by atoms with E-state index < -0.39 is 0 Å². The van der Waals surface area contributed by atoms with Crippen LogP contribution in [0.2, 0.25) is 5.02 Å². The molecule has 8 heteroatoms. The second-order valence-corrected chi connectivity index (χ2v) is 7.32. The fourth-order valence-corrected chi connectivity index (χ4v) is 3.48. The molecule has 0 spiro atoms. The number of amides is 2. The Hall–Kier alpha value is -3.32. The Labute approximate surface area is 180 Å². The molecule has 3 aromatic rings. The van der Waals surface area contributed by atoms with Gasteiger partial charge in [-0.2, -0.15) is 0 Å². The second-order valence-electron chi connectivity index (χ2n) is 6.89. The number of anilines is 2. The SMILES string of the molecule is COc1ccccc1NC(=O)N1CCN(c2ccc(-c3ccc(Cl)cc3)nn2)CC1. The molecule has 0 aliphatic carbocycles. The maximum absolute atomic E-state index is 12.6. The summed E-state index contributed by atoms with van der Waals surface area (Å²) >= 11 is 5.94. The van der Waals surface area contributed by atoms with Crippen molar-refractivity contribution in [1.82, 2.24) is 15.1 Å². The second kappa shape index (κ2) is 9.00. The van der Waals surface area contributed by atoms with E-state index in [0.29, 0.717) is 42.6 Å². The zero-order valence-electron chi connectivity index (χ0n) is 16.6. The molecule has 30 heavy (non-hydrogen) atoms. The number of urea groups is 1. The number of methoxy groups -OCH3 is 1. The number of nitrogens with one attached hydrogen (secondary N) is 1. The Kier molecular flexibility index (Phi) is 5.99. The van der Waals surface area contributed by atoms with E-state index >= 15 is 0 Å². The van der Waals surface area contributed by atoms with Gasteiger partial charge in [0, 0.05) is 36.8 Å². The highest BCUT2D eigenvalue weighted by Gasteiger charge is 2.23. The van der Waals surface area contributed by atoms with Crippen LogP contribution < -0.4 is 15.0 Å². The van der Waals surface area contributed by atoms with Gasteiger partial charge >= 0.3 is 6.03 Å². The van der Waals surface area contributed by atoms with Crippen molar-refractivity contribution in [1.29, 1.82) is 0 Å². The van der Waals surface area contributed by atoms with Crippen molar-refractivity contribution in [2.45, 2.75) is 0 Å². The van der Waals surface area contributed by atoms with Crippen LogP contribution in [-0.4, -0.2) is 54.4 Å². The summed E-state index contributed by atoms with van der Waals surface area (Å²) in [4.78, 5) is 16.5. The lowest BCUT2D eigenvalue weighted by atomic mass is 10.1. The predicted octanol–water partition coefficient (Wildman–Crippen LogP) is 4.16. The number of carbonyl (C=O) groups is 1. The number of rotatable bonds is 4. The van der Waals surface area contributed by atoms with Crippen molar-refractivity contribution in [3.63, 3.8) is 0 Å². The summed E-state index contributed by atoms with van der Waals surface area (Å²) in [6.45, 7) is 2.58. The lowest BCUT2D eigenvalue weighted by molar-refractivity contribution is 0.208. The Balaban J connectivity index is 1.35. The van der Waals surface area contributed by atoms with E-state index in [1.54, 1.807) is 12.0 Å². The molecule has 0 atom stereocenters. The molecule has 1 saturated heterocycles. The van der Waals surface area contributed by atoms with Crippen LogP contribution in [0.3, 0.4) is 0 Å². The summed E-state index contributed by atoms with van der Waals surface area (Å²) in [7, 11) is 1.59. The largest absolute Gasteiger partial charge is 0.495 e. The first-order valence-electron chi connectivity index (χ1n) is 9.67. The highest BCUT2D eigenvalue weighted by atomic mass is 35.5. The zero-order chi connectivity index (χ0) is 20.9. The van der Waals surface area contributed by atoms with Crippen molar-refractivity contribution < 1.29 is 9.53 Å². The molecule has 1 aliphatic rings. The van der Waals surface area contributed by atoms with Crippen LogP contribution >= 0.6 is 11.6 Å². The fourth-order valence-electron chi connectivity index (χ4n) is 3.35. The number of halogens is 1. The van der Waals surface area contributed by atoms with Gasteiger partial charge in [0.15, 0.2) is 5.82 Å². The summed E-state index contributed by atoms with van der Waals surface area (Å²) in [5.74, 6) is 1.44. The quantitative estimate of drug-likeness (QED) is 0.682. The Morgan fingerprint density at radius 2 is 1.70 bits per heavy atom. The first-order valence-corrected chi connectivity index (χ1v) is 10.1. The molecule has 154 valence electrons. The summed E-state index contributed by atoms with van der Waals surface area (Å²) in [6, 6.07) is 18.7. The topological polar surface area (TPSA) is 70.6 Å². The molecule has 2 heterocycles. The number of piperazine rings is 1. The third-order valence-electron chi connectivity index (χ3n) is 5.03. The monoisotopic (exact) mass is 423 g/mol. The number of aromatic nitrogens is 2. The highest BCUT2D eigenvalue weighted by molar-refractivity contribution is 6.30. The molecule has 1 aliphatic heterocycles. The molecule has 0 unspecified atom stereocenters. The van der Waals surface area contributed by atoms with Gasteiger partial charge in [-0.25, -0.2) is 4.79 Å². The minimum Gasteiger partial charge on any atom is -0.495 e. The minimum absolute atomic E-state index is 0.136. The van der Waals surface area contributed by atoms with E-state index in [9.17, 15) is 4.79 Å². The first kappa shape index (κ1) is 20.0. The van der Waals surface area contributed by atoms with Crippen molar-refractivity contribution in [2.24, 2.45) is 0 Å². The van der Waals surface area contributed by atoms with Gasteiger partial charge in [0.1, 0.15) is 5.75 Å². The van der Waals surface area contributed by atoms with E-state index in [4.69, 9.17) is 16.3 Å². The Morgan fingerprint density at radius 3 is 2.37 bits per heavy atom. The van der Waals surface area contributed by atoms with Gasteiger partial charge in [-0.3, -0.25) is 0 Å². The molecular formula is C22H22ClN5O2. The Morgan fingerprint density at radius 1 is 0.967 bits per heavy atom. The Bertz CT molecular complexity index is 1000. The number of benzene rings is 2. The average molecular weight is 424 g/mol. The van der Waals surface area contributed by atoms with E-state index in [-0.39, 0.29) is 6.03 Å². The standard InChI is InChI=1S/C22H22ClN5O2/c1-30-20-5-3-2-4-19(20)24-22(29)28-14-12-27(13-15-28)21-11-10-18(25-26-21)16-6-8-17(23)9-7-16/h2-11H,12-15H2,1H3,(H,24,29). The van der Waals surface area contributed by atoms with E-state index in [1.807, 2.05) is 60.7 Å². The molecule has 0 saturated carbocycles. The summed E-state index contributed by atoms with van der Waals surface area (Å²) in [6.07, 6.45) is 0. The van der Waals surface area contributed by atoms with Crippen LogP contribution in [0.25, 0.3) is 11.3 Å². The van der Waals surface area contributed by atoms with Crippen molar-refractivity contribution >= 4 is 29.1 Å². The third kappa shape index (κ3) is 4.46. The molecule has 0 bridgehead atoms. The molecule has 7 nitrogen and oxygen atoms in total. The van der Waals surface area contributed by atoms with Gasteiger partial charge in [-0.15, -0.1) is 10.2 Å². The predicted molar refractivity (Wildman–Crippen MR) is 118 cm³/mol. The van der Waals surface area contributed by atoms with Gasteiger partial charge in [0.05, 0.1) is 18.5 Å². The number of ether oxygens (including phenoxy) is 1. The number of hydrogen-bond acceptors (Lipinski definition) is 5. The maximum atomic E-state index is 12.6. The lowest BCUT2D eigenvalue weighted by Crippen LogP contribution is -2.50. The lowest BCUT2D eigenvalue weighted by Gasteiger charge is -2.35. The number of nitrogens with zero attached hydrogens (tertiary/aromatic N) is 4. The van der Waals surface area contributed by atoms with Crippen LogP contribution in [0.1, 0.15) is 0 Å². The van der Waals surface area contributed by atoms with Crippen molar-refractivity contribution in [2.75, 3.05) is 43.5 Å². The van der Waals surface area contributed by atoms with E-state index in [2.05, 4.69) is 20.4 Å². The van der Waals surface area contributed by atoms with Crippen LogP contribution in [0.5, 0.6) is 5.75 Å². The minimum atomic E-state index is -0.136. The summed E-state index contributed by atoms with van der Waals surface area (Å²) in [5, 5.41) is 12.3. The van der Waals surface area contributed by atoms with Crippen LogP contribution in [-0.2, 0) is 0 Å². The van der Waals surface area contributed by atoms with Gasteiger partial charge < -0.3 is 19.9 Å². The fraction of sp³-hybridized carbons (Fsp3) is 0.227. The highest BCUT2D eigenvalue weighted by Crippen LogP contribution is 2.24. The van der Waals surface area contributed by atoms with Gasteiger partial charge in [-0.05, 0) is 36.4 Å². The van der Waals surface area contributed by atoms with Gasteiger partial charge in [0.25, 0.3) is 0 Å². The maximum Gasteiger partial charge on any atom is 0.322 e. The van der Waals surface area contributed by atoms with Crippen molar-refractivity contribution in [3.8, 4) is 17.0 Å². The van der Waals surface area contributed by atoms with E-state index in [0.717, 1.165) is 17.1 Å². The van der Waals surface area contributed by atoms with Crippen LogP contribution in [0, 0.1) is 0 Å². The first-order chi connectivity index (χ1) is 14.6. The number of carbonyl (C=O) groups excluding carboxylic acids is 1. The summed E-state index contributed by atoms with van der Waals surface area (Å²) < 4.78 is 5.29. The van der Waals surface area contributed by atoms with Crippen LogP contribution in [0.4, 0.5) is 16.3 Å². The number of para-hydroxylation sites is 2. The third-order valence-corrected chi connectivity index (χ3v) is 5.28. The molecule has 1 N–H and O–H groups in total. The zero-order valence-corrected chi connectivity index (χ0v) is 17.3. The normalized spacial score (nSPS) is 13.8. The van der Waals surface area contributed by atoms with Gasteiger partial charge in [-0.1, -0.05) is 35.9 Å². The molecule has 4 rings (SSSR count). The van der Waals surface area contributed by atoms with E-state index in [1.165, 1.54) is 0 Å². The molecule has 1 aromatic heterocycles. The summed E-state index contributed by atoms with van der Waals surface area (Å²) in [5.41, 5.74) is 2.43. The number of hydrogen-bond donors (Lipinski definition) is 1. The molecule has 1 fully saturated rings. The molecule has 2 aromatic carbocycles. The molecule has 2 amide bonds. The average Bonchev–Trinajstić information content (AvgIpc) is 2.80. The van der Waals surface area contributed by atoms with Crippen molar-refractivity contribution in [3.05, 3.63) is 65.7 Å². The molecule has 0 radical (unpaired) electrons. The smallest absolute Gasteiger partial charge is 0.322 e.